The monoisotopic (exact) mass is 292 g/mol. The van der Waals surface area contributed by atoms with Crippen LogP contribution in [0.15, 0.2) is 23.0 Å². The summed E-state index contributed by atoms with van der Waals surface area (Å²) in [6.45, 7) is 7.80. The topological polar surface area (TPSA) is 28.4 Å². The highest BCUT2D eigenvalue weighted by molar-refractivity contribution is 5.04. The van der Waals surface area contributed by atoms with Crippen LogP contribution in [0.3, 0.4) is 0 Å². The van der Waals surface area contributed by atoms with Gasteiger partial charge in [-0.15, -0.1) is 0 Å². The van der Waals surface area contributed by atoms with Gasteiger partial charge in [-0.2, -0.15) is 0 Å². The van der Waals surface area contributed by atoms with Crippen molar-refractivity contribution in [2.24, 2.45) is 11.8 Å². The molecule has 0 bridgehead atoms. The number of hydrogen-bond acceptors (Lipinski definition) is 3. The van der Waals surface area contributed by atoms with E-state index in [0.29, 0.717) is 6.04 Å². The molecule has 1 heterocycles. The third-order valence-corrected chi connectivity index (χ3v) is 4.83. The Morgan fingerprint density at radius 2 is 2.19 bits per heavy atom. The summed E-state index contributed by atoms with van der Waals surface area (Å²) in [5.74, 6) is 1.73. The average Bonchev–Trinajstić information content (AvgIpc) is 2.95. The highest BCUT2D eigenvalue weighted by atomic mass is 16.3. The molecule has 0 aromatic carbocycles. The van der Waals surface area contributed by atoms with Gasteiger partial charge in [-0.05, 0) is 50.8 Å². The third-order valence-electron chi connectivity index (χ3n) is 4.83. The van der Waals surface area contributed by atoms with Crippen molar-refractivity contribution in [1.82, 2.24) is 10.2 Å². The van der Waals surface area contributed by atoms with Crippen molar-refractivity contribution in [2.75, 3.05) is 20.1 Å². The lowest BCUT2D eigenvalue weighted by Gasteiger charge is -2.38. The minimum Gasteiger partial charge on any atom is -0.472 e. The van der Waals surface area contributed by atoms with Crippen LogP contribution in [0.2, 0.25) is 0 Å². The molecule has 1 fully saturated rings. The molecule has 0 amide bonds. The Morgan fingerprint density at radius 1 is 1.33 bits per heavy atom. The van der Waals surface area contributed by atoms with Crippen LogP contribution in [0.25, 0.3) is 0 Å². The minimum absolute atomic E-state index is 0.704. The van der Waals surface area contributed by atoms with E-state index >= 15 is 0 Å². The zero-order valence-corrected chi connectivity index (χ0v) is 14.0. The number of furan rings is 1. The summed E-state index contributed by atoms with van der Waals surface area (Å²) >= 11 is 0. The van der Waals surface area contributed by atoms with E-state index in [1.54, 1.807) is 6.26 Å². The summed E-state index contributed by atoms with van der Waals surface area (Å²) in [7, 11) is 2.24. The summed E-state index contributed by atoms with van der Waals surface area (Å²) < 4.78 is 5.18. The fourth-order valence-corrected chi connectivity index (χ4v) is 3.92. The van der Waals surface area contributed by atoms with Gasteiger partial charge < -0.3 is 14.6 Å². The van der Waals surface area contributed by atoms with Crippen LogP contribution in [0.4, 0.5) is 0 Å². The standard InChI is InChI=1S/C18H32N2O/c1-4-6-15-7-8-18(19-5-2)17(11-15)13-20(3)12-16-9-10-21-14-16/h9-10,14-15,17-19H,4-8,11-13H2,1-3H3. The predicted octanol–water partition coefficient (Wildman–Crippen LogP) is 3.91. The first kappa shape index (κ1) is 16.6. The normalized spacial score (nSPS) is 26.4. The second-order valence-corrected chi connectivity index (χ2v) is 6.72. The van der Waals surface area contributed by atoms with E-state index in [4.69, 9.17) is 4.42 Å². The summed E-state index contributed by atoms with van der Waals surface area (Å²) in [6, 6.07) is 2.77. The highest BCUT2D eigenvalue weighted by Crippen LogP contribution is 2.32. The number of rotatable bonds is 8. The molecule has 2 rings (SSSR count). The Hall–Kier alpha value is -0.800. The molecule has 120 valence electrons. The Labute approximate surface area is 130 Å². The molecular weight excluding hydrogens is 260 g/mol. The third kappa shape index (κ3) is 5.15. The molecule has 3 atom stereocenters. The molecule has 3 unspecified atom stereocenters. The molecule has 0 saturated heterocycles. The molecule has 3 heteroatoms. The molecule has 1 aliphatic rings. The van der Waals surface area contributed by atoms with E-state index in [1.165, 1.54) is 44.2 Å². The quantitative estimate of drug-likeness (QED) is 0.787. The molecule has 1 aromatic heterocycles. The van der Waals surface area contributed by atoms with Crippen molar-refractivity contribution in [3.8, 4) is 0 Å². The first-order chi connectivity index (χ1) is 10.2. The van der Waals surface area contributed by atoms with Crippen LogP contribution in [-0.4, -0.2) is 31.1 Å². The van der Waals surface area contributed by atoms with E-state index < -0.39 is 0 Å². The molecule has 1 N–H and O–H groups in total. The largest absolute Gasteiger partial charge is 0.472 e. The van der Waals surface area contributed by atoms with Gasteiger partial charge in [-0.25, -0.2) is 0 Å². The molecule has 1 saturated carbocycles. The Kier molecular flexibility index (Phi) is 6.78. The zero-order chi connectivity index (χ0) is 15.1. The lowest BCUT2D eigenvalue weighted by atomic mass is 9.76. The van der Waals surface area contributed by atoms with Gasteiger partial charge in [0, 0.05) is 24.7 Å². The summed E-state index contributed by atoms with van der Waals surface area (Å²) in [5, 5.41) is 3.72. The van der Waals surface area contributed by atoms with Crippen LogP contribution in [-0.2, 0) is 6.54 Å². The zero-order valence-electron chi connectivity index (χ0n) is 14.0. The van der Waals surface area contributed by atoms with E-state index in [9.17, 15) is 0 Å². The Morgan fingerprint density at radius 3 is 2.86 bits per heavy atom. The Bertz CT molecular complexity index is 377. The lowest BCUT2D eigenvalue weighted by Crippen LogP contribution is -2.45. The molecule has 0 aliphatic heterocycles. The first-order valence-corrected chi connectivity index (χ1v) is 8.65. The van der Waals surface area contributed by atoms with E-state index in [-0.39, 0.29) is 0 Å². The summed E-state index contributed by atoms with van der Waals surface area (Å²) in [5.41, 5.74) is 1.28. The van der Waals surface area contributed by atoms with Gasteiger partial charge in [0.1, 0.15) is 0 Å². The van der Waals surface area contributed by atoms with Crippen LogP contribution in [0, 0.1) is 11.8 Å². The van der Waals surface area contributed by atoms with Crippen molar-refractivity contribution in [3.63, 3.8) is 0 Å². The van der Waals surface area contributed by atoms with Crippen LogP contribution in [0.1, 0.15) is 51.5 Å². The van der Waals surface area contributed by atoms with Gasteiger partial charge in [0.25, 0.3) is 0 Å². The van der Waals surface area contributed by atoms with Crippen LogP contribution < -0.4 is 5.32 Å². The van der Waals surface area contributed by atoms with Gasteiger partial charge in [-0.3, -0.25) is 0 Å². The van der Waals surface area contributed by atoms with Crippen LogP contribution in [0.5, 0.6) is 0 Å². The first-order valence-electron chi connectivity index (χ1n) is 8.65. The van der Waals surface area contributed by atoms with Crippen molar-refractivity contribution < 1.29 is 4.42 Å². The number of nitrogens with zero attached hydrogens (tertiary/aromatic N) is 1. The van der Waals surface area contributed by atoms with Crippen molar-refractivity contribution >= 4 is 0 Å². The fraction of sp³-hybridized carbons (Fsp3) is 0.778. The van der Waals surface area contributed by atoms with Gasteiger partial charge in [0.05, 0.1) is 12.5 Å². The maximum Gasteiger partial charge on any atom is 0.0947 e. The molecule has 0 spiro atoms. The molecule has 1 aromatic rings. The van der Waals surface area contributed by atoms with Gasteiger partial charge >= 0.3 is 0 Å². The number of nitrogens with one attached hydrogen (secondary N) is 1. The molecular formula is C18H32N2O. The smallest absolute Gasteiger partial charge is 0.0947 e. The highest BCUT2D eigenvalue weighted by Gasteiger charge is 2.30. The van der Waals surface area contributed by atoms with Crippen molar-refractivity contribution in [2.45, 2.75) is 58.5 Å². The van der Waals surface area contributed by atoms with Gasteiger partial charge in [-0.1, -0.05) is 26.7 Å². The maximum atomic E-state index is 5.18. The average molecular weight is 292 g/mol. The van der Waals surface area contributed by atoms with Gasteiger partial charge in [0.2, 0.25) is 0 Å². The summed E-state index contributed by atoms with van der Waals surface area (Å²) in [4.78, 5) is 2.45. The minimum atomic E-state index is 0.704. The van der Waals surface area contributed by atoms with Crippen molar-refractivity contribution in [3.05, 3.63) is 24.2 Å². The molecule has 21 heavy (non-hydrogen) atoms. The lowest BCUT2D eigenvalue weighted by molar-refractivity contribution is 0.147. The van der Waals surface area contributed by atoms with E-state index in [1.807, 2.05) is 6.26 Å². The SMILES string of the molecule is CCCC1CCC(NCC)C(CN(C)Cc2ccoc2)C1. The van der Waals surface area contributed by atoms with Gasteiger partial charge in [0.15, 0.2) is 0 Å². The van der Waals surface area contributed by atoms with Crippen molar-refractivity contribution in [1.29, 1.82) is 0 Å². The molecule has 0 radical (unpaired) electrons. The second-order valence-electron chi connectivity index (χ2n) is 6.72. The molecule has 3 nitrogen and oxygen atoms in total. The fourth-order valence-electron chi connectivity index (χ4n) is 3.92. The van der Waals surface area contributed by atoms with E-state index in [0.717, 1.165) is 24.9 Å². The van der Waals surface area contributed by atoms with Crippen LogP contribution >= 0.6 is 0 Å². The second kappa shape index (κ2) is 8.60. The molecule has 1 aliphatic carbocycles. The Balaban J connectivity index is 1.88. The maximum absolute atomic E-state index is 5.18. The number of hydrogen-bond donors (Lipinski definition) is 1. The van der Waals surface area contributed by atoms with E-state index in [2.05, 4.69) is 37.2 Å². The summed E-state index contributed by atoms with van der Waals surface area (Å²) in [6.07, 6.45) is 10.5. The predicted molar refractivity (Wildman–Crippen MR) is 88.2 cm³/mol.